The summed E-state index contributed by atoms with van der Waals surface area (Å²) in [5.41, 5.74) is -2.95. The lowest BCUT2D eigenvalue weighted by atomic mass is 9.81. The number of fused-ring (bicyclic) bond motifs is 1. The second-order valence-electron chi connectivity index (χ2n) is 8.96. The Morgan fingerprint density at radius 1 is 1.21 bits per heavy atom. The van der Waals surface area contributed by atoms with Gasteiger partial charge >= 0.3 is 6.18 Å². The van der Waals surface area contributed by atoms with Crippen molar-refractivity contribution in [3.05, 3.63) is 46.8 Å². The first-order valence-corrected chi connectivity index (χ1v) is 10.3. The summed E-state index contributed by atoms with van der Waals surface area (Å²) in [4.78, 5) is 15.0. The van der Waals surface area contributed by atoms with E-state index in [0.29, 0.717) is 12.7 Å². The van der Waals surface area contributed by atoms with Gasteiger partial charge < -0.3 is 14.5 Å². The van der Waals surface area contributed by atoms with Crippen molar-refractivity contribution in [3.63, 3.8) is 0 Å². The second kappa shape index (κ2) is 7.65. The van der Waals surface area contributed by atoms with Gasteiger partial charge in [0.1, 0.15) is 5.69 Å². The fourth-order valence-corrected chi connectivity index (χ4v) is 4.09. The summed E-state index contributed by atoms with van der Waals surface area (Å²) in [6.07, 6.45) is -4.92. The van der Waals surface area contributed by atoms with Gasteiger partial charge in [-0.3, -0.25) is 4.79 Å². The predicted octanol–water partition coefficient (Wildman–Crippen LogP) is 3.05. The first-order chi connectivity index (χ1) is 15.3. The van der Waals surface area contributed by atoms with Crippen molar-refractivity contribution in [2.75, 3.05) is 6.54 Å². The zero-order valence-corrected chi connectivity index (χ0v) is 18.4. The monoisotopic (exact) mass is 464 g/mol. The third-order valence-electron chi connectivity index (χ3n) is 6.17. The number of amides is 1. The van der Waals surface area contributed by atoms with Crippen LogP contribution in [0.4, 0.5) is 13.2 Å². The Morgan fingerprint density at radius 3 is 2.45 bits per heavy atom. The molecule has 1 amide bonds. The van der Waals surface area contributed by atoms with E-state index in [0.717, 1.165) is 11.1 Å². The lowest BCUT2D eigenvalue weighted by Crippen LogP contribution is -2.47. The highest BCUT2D eigenvalue weighted by Crippen LogP contribution is 2.44. The van der Waals surface area contributed by atoms with Gasteiger partial charge in [0.05, 0.1) is 12.0 Å². The fourth-order valence-electron chi connectivity index (χ4n) is 4.09. The number of hydrogen-bond donors (Lipinski definition) is 2. The summed E-state index contributed by atoms with van der Waals surface area (Å²) >= 11 is 0. The van der Waals surface area contributed by atoms with Crippen LogP contribution in [0, 0.1) is 0 Å². The van der Waals surface area contributed by atoms with E-state index in [9.17, 15) is 23.1 Å². The Labute approximate surface area is 187 Å². The molecule has 9 nitrogen and oxygen atoms in total. The number of nitrogens with one attached hydrogen (secondary N) is 1. The Morgan fingerprint density at radius 2 is 1.88 bits per heavy atom. The smallest absolute Gasteiger partial charge is 0.375 e. The number of carbonyl (C=O) groups is 1. The van der Waals surface area contributed by atoms with E-state index in [-0.39, 0.29) is 30.3 Å². The summed E-state index contributed by atoms with van der Waals surface area (Å²) in [6, 6.07) is 7.17. The number of rotatable bonds is 4. The highest BCUT2D eigenvalue weighted by Gasteiger charge is 2.55. The maximum Gasteiger partial charge on any atom is 0.422 e. The first-order valence-electron chi connectivity index (χ1n) is 10.3. The Kier molecular flexibility index (Phi) is 5.31. The second-order valence-corrected chi connectivity index (χ2v) is 8.96. The molecule has 4 rings (SSSR count). The lowest BCUT2D eigenvalue weighted by Gasteiger charge is -2.37. The lowest BCUT2D eigenvalue weighted by molar-refractivity contribution is -0.261. The highest BCUT2D eigenvalue weighted by molar-refractivity contribution is 5.87. The van der Waals surface area contributed by atoms with Crippen LogP contribution in [-0.4, -0.2) is 54.4 Å². The normalized spacial score (nSPS) is 18.7. The molecule has 0 aliphatic carbocycles. The minimum atomic E-state index is -4.92. The number of halogens is 3. The summed E-state index contributed by atoms with van der Waals surface area (Å²) in [6.45, 7) is 6.01. The topological polar surface area (TPSA) is 121 Å². The van der Waals surface area contributed by atoms with Gasteiger partial charge in [0.15, 0.2) is 5.76 Å². The molecule has 176 valence electrons. The average molecular weight is 464 g/mol. The Bertz CT molecular complexity index is 1150. The SMILES string of the molecule is C[C@H]1CN(C(=O)C(C)(C)c2ccc(-c3nn[nH]n3)cc2)Cc2onc(C(C)(O)C(F)(F)F)c21. The van der Waals surface area contributed by atoms with Crippen molar-refractivity contribution in [1.82, 2.24) is 30.7 Å². The quantitative estimate of drug-likeness (QED) is 0.609. The van der Waals surface area contributed by atoms with Crippen molar-refractivity contribution in [2.45, 2.75) is 57.3 Å². The molecule has 0 saturated carbocycles. The van der Waals surface area contributed by atoms with Crippen LogP contribution in [0.1, 0.15) is 56.2 Å². The maximum absolute atomic E-state index is 13.4. The molecule has 1 aliphatic heterocycles. The molecule has 1 unspecified atom stereocenters. The molecule has 0 radical (unpaired) electrons. The summed E-state index contributed by atoms with van der Waals surface area (Å²) in [5, 5.41) is 27.4. The van der Waals surface area contributed by atoms with Gasteiger partial charge in [-0.15, -0.1) is 10.2 Å². The number of alkyl halides is 3. The molecule has 2 aromatic heterocycles. The van der Waals surface area contributed by atoms with Crippen LogP contribution in [0.3, 0.4) is 0 Å². The highest BCUT2D eigenvalue weighted by atomic mass is 19.4. The fraction of sp³-hybridized carbons (Fsp3) is 0.476. The molecule has 12 heteroatoms. The zero-order valence-electron chi connectivity index (χ0n) is 18.4. The summed E-state index contributed by atoms with van der Waals surface area (Å²) in [7, 11) is 0. The third kappa shape index (κ3) is 3.77. The minimum absolute atomic E-state index is 0.0379. The molecular weight excluding hydrogens is 441 g/mol. The third-order valence-corrected chi connectivity index (χ3v) is 6.17. The van der Waals surface area contributed by atoms with Gasteiger partial charge in [-0.25, -0.2) is 0 Å². The minimum Gasteiger partial charge on any atom is -0.375 e. The molecule has 2 N–H and O–H groups in total. The molecule has 1 aromatic carbocycles. The Hall–Kier alpha value is -3.28. The Balaban J connectivity index is 1.58. The van der Waals surface area contributed by atoms with Crippen LogP contribution in [0.5, 0.6) is 0 Å². The summed E-state index contributed by atoms with van der Waals surface area (Å²) < 4.78 is 45.2. The van der Waals surface area contributed by atoms with Gasteiger partial charge in [-0.05, 0) is 31.5 Å². The number of H-pyrrole nitrogens is 1. The van der Waals surface area contributed by atoms with E-state index in [1.807, 2.05) is 0 Å². The summed E-state index contributed by atoms with van der Waals surface area (Å²) in [5.74, 6) is -0.152. The van der Waals surface area contributed by atoms with E-state index in [4.69, 9.17) is 4.52 Å². The van der Waals surface area contributed by atoms with Gasteiger partial charge in [-0.2, -0.15) is 18.4 Å². The standard InChI is InChI=1S/C21H23F3N6O3/c1-11-9-30(10-14-15(11)16(27-33-14)20(4,32)21(22,23)24)18(31)19(2,3)13-7-5-12(6-8-13)17-25-28-29-26-17/h5-8,11,32H,9-10H2,1-4H3,(H,25,26,28,29)/t11-,20?/m0/s1. The van der Waals surface area contributed by atoms with E-state index in [1.165, 1.54) is 4.90 Å². The van der Waals surface area contributed by atoms with Crippen LogP contribution < -0.4 is 0 Å². The molecule has 0 saturated heterocycles. The van der Waals surface area contributed by atoms with Crippen LogP contribution in [0.25, 0.3) is 11.4 Å². The molecule has 1 aliphatic rings. The van der Waals surface area contributed by atoms with Crippen molar-refractivity contribution in [3.8, 4) is 11.4 Å². The van der Waals surface area contributed by atoms with Crippen molar-refractivity contribution in [2.24, 2.45) is 0 Å². The van der Waals surface area contributed by atoms with Crippen LogP contribution in [0.15, 0.2) is 28.8 Å². The molecule has 0 spiro atoms. The maximum atomic E-state index is 13.4. The first kappa shape index (κ1) is 22.9. The number of benzene rings is 1. The van der Waals surface area contributed by atoms with Gasteiger partial charge in [0.2, 0.25) is 17.3 Å². The zero-order chi connectivity index (χ0) is 24.2. The van der Waals surface area contributed by atoms with E-state index >= 15 is 0 Å². The van der Waals surface area contributed by atoms with Gasteiger partial charge in [0, 0.05) is 23.6 Å². The number of aromatic amines is 1. The molecule has 3 heterocycles. The van der Waals surface area contributed by atoms with Crippen LogP contribution in [0.2, 0.25) is 0 Å². The number of aliphatic hydroxyl groups is 1. The van der Waals surface area contributed by atoms with Crippen LogP contribution >= 0.6 is 0 Å². The molecule has 0 bridgehead atoms. The predicted molar refractivity (Wildman–Crippen MR) is 109 cm³/mol. The van der Waals surface area contributed by atoms with E-state index in [2.05, 4.69) is 25.8 Å². The van der Waals surface area contributed by atoms with Gasteiger partial charge in [0.25, 0.3) is 0 Å². The number of aromatic nitrogens is 5. The van der Waals surface area contributed by atoms with Crippen molar-refractivity contribution in [1.29, 1.82) is 0 Å². The number of hydrogen-bond acceptors (Lipinski definition) is 7. The van der Waals surface area contributed by atoms with Gasteiger partial charge in [-0.1, -0.05) is 36.3 Å². The van der Waals surface area contributed by atoms with Crippen LogP contribution in [-0.2, 0) is 22.4 Å². The number of tetrazole rings is 1. The molecule has 2 atom stereocenters. The number of nitrogens with zero attached hydrogens (tertiary/aromatic N) is 5. The molecular formula is C21H23F3N6O3. The largest absolute Gasteiger partial charge is 0.422 e. The van der Waals surface area contributed by atoms with E-state index < -0.39 is 28.8 Å². The van der Waals surface area contributed by atoms with E-state index in [1.54, 1.807) is 45.0 Å². The average Bonchev–Trinajstić information content (AvgIpc) is 3.43. The molecule has 0 fully saturated rings. The van der Waals surface area contributed by atoms with Crippen molar-refractivity contribution >= 4 is 5.91 Å². The molecule has 33 heavy (non-hydrogen) atoms. The van der Waals surface area contributed by atoms with Crippen molar-refractivity contribution < 1.29 is 27.6 Å². The molecule has 3 aromatic rings. The number of carbonyl (C=O) groups excluding carboxylic acids is 1.